The van der Waals surface area contributed by atoms with Crippen LogP contribution in [0.25, 0.3) is 0 Å². The van der Waals surface area contributed by atoms with Crippen molar-refractivity contribution in [3.8, 4) is 0 Å². The Bertz CT molecular complexity index is 498. The highest BCUT2D eigenvalue weighted by Crippen LogP contribution is 2.20. The van der Waals surface area contributed by atoms with Crippen LogP contribution < -0.4 is 0 Å². The van der Waals surface area contributed by atoms with Gasteiger partial charge in [-0.1, -0.05) is 25.0 Å². The maximum absolute atomic E-state index is 11.4. The van der Waals surface area contributed by atoms with Crippen molar-refractivity contribution in [2.24, 2.45) is 0 Å². The van der Waals surface area contributed by atoms with Crippen molar-refractivity contribution < 1.29 is 19.4 Å². The Hall–Kier alpha value is -1.88. The Labute approximate surface area is 124 Å². The van der Waals surface area contributed by atoms with E-state index in [0.717, 1.165) is 31.4 Å². The maximum Gasteiger partial charge on any atom is 0.337 e. The molecule has 1 aromatic carbocycles. The van der Waals surface area contributed by atoms with Gasteiger partial charge in [0.1, 0.15) is 6.04 Å². The summed E-state index contributed by atoms with van der Waals surface area (Å²) in [6.45, 7) is 1.40. The highest BCUT2D eigenvalue weighted by molar-refractivity contribution is 5.89. The van der Waals surface area contributed by atoms with Gasteiger partial charge in [0.2, 0.25) is 0 Å². The molecule has 1 atom stereocenters. The first-order valence-electron chi connectivity index (χ1n) is 7.26. The Balaban J connectivity index is 2.07. The number of benzene rings is 1. The summed E-state index contributed by atoms with van der Waals surface area (Å²) in [5.41, 5.74) is 1.52. The fourth-order valence-electron chi connectivity index (χ4n) is 2.74. The molecule has 1 unspecified atom stereocenters. The number of carbonyl (C=O) groups is 2. The molecule has 114 valence electrons. The van der Waals surface area contributed by atoms with Gasteiger partial charge in [0.25, 0.3) is 0 Å². The average molecular weight is 291 g/mol. The van der Waals surface area contributed by atoms with Crippen LogP contribution in [-0.4, -0.2) is 41.6 Å². The third-order valence-corrected chi connectivity index (χ3v) is 3.91. The smallest absolute Gasteiger partial charge is 0.337 e. The van der Waals surface area contributed by atoms with E-state index in [4.69, 9.17) is 0 Å². The van der Waals surface area contributed by atoms with Crippen LogP contribution in [0, 0.1) is 0 Å². The highest BCUT2D eigenvalue weighted by atomic mass is 16.5. The number of rotatable bonds is 4. The Kier molecular flexibility index (Phi) is 5.33. The number of hydrogen-bond donors (Lipinski definition) is 1. The number of hydrogen-bond acceptors (Lipinski definition) is 4. The van der Waals surface area contributed by atoms with E-state index < -0.39 is 12.0 Å². The van der Waals surface area contributed by atoms with Crippen molar-refractivity contribution in [1.82, 2.24) is 4.90 Å². The van der Waals surface area contributed by atoms with E-state index >= 15 is 0 Å². The van der Waals surface area contributed by atoms with Crippen molar-refractivity contribution in [3.63, 3.8) is 0 Å². The van der Waals surface area contributed by atoms with Crippen molar-refractivity contribution >= 4 is 11.9 Å². The number of aliphatic carboxylic acids is 1. The van der Waals surface area contributed by atoms with Crippen LogP contribution in [0.15, 0.2) is 24.3 Å². The van der Waals surface area contributed by atoms with E-state index in [2.05, 4.69) is 4.74 Å². The first kappa shape index (κ1) is 15.5. The first-order valence-corrected chi connectivity index (χ1v) is 7.26. The molecule has 1 aliphatic rings. The standard InChI is InChI=1S/C16H21NO4/c1-21-16(20)13-8-6-12(7-9-13)11-17-10-4-2-3-5-14(17)15(18)19/h6-9,14H,2-5,10-11H2,1H3,(H,18,19). The van der Waals surface area contributed by atoms with E-state index in [0.29, 0.717) is 18.5 Å². The van der Waals surface area contributed by atoms with Gasteiger partial charge in [0.15, 0.2) is 0 Å². The summed E-state index contributed by atoms with van der Waals surface area (Å²) in [4.78, 5) is 24.8. The zero-order valence-corrected chi connectivity index (χ0v) is 12.2. The van der Waals surface area contributed by atoms with E-state index in [9.17, 15) is 14.7 Å². The van der Waals surface area contributed by atoms with Gasteiger partial charge < -0.3 is 9.84 Å². The lowest BCUT2D eigenvalue weighted by Gasteiger charge is -2.26. The molecular formula is C16H21NO4. The minimum Gasteiger partial charge on any atom is -0.480 e. The summed E-state index contributed by atoms with van der Waals surface area (Å²) in [5, 5.41) is 9.36. The van der Waals surface area contributed by atoms with Crippen LogP contribution in [-0.2, 0) is 16.1 Å². The number of carboxylic acid groups (broad SMARTS) is 1. The average Bonchev–Trinajstić information content (AvgIpc) is 2.72. The Morgan fingerprint density at radius 2 is 1.95 bits per heavy atom. The zero-order chi connectivity index (χ0) is 15.2. The van der Waals surface area contributed by atoms with Gasteiger partial charge in [-0.25, -0.2) is 4.79 Å². The predicted molar refractivity (Wildman–Crippen MR) is 78.1 cm³/mol. The summed E-state index contributed by atoms with van der Waals surface area (Å²) in [5.74, 6) is -1.11. The van der Waals surface area contributed by atoms with Crippen LogP contribution >= 0.6 is 0 Å². The largest absolute Gasteiger partial charge is 0.480 e. The number of ether oxygens (including phenoxy) is 1. The van der Waals surface area contributed by atoms with Gasteiger partial charge in [-0.3, -0.25) is 9.69 Å². The molecule has 1 aromatic rings. The van der Waals surface area contributed by atoms with Gasteiger partial charge in [-0.2, -0.15) is 0 Å². The van der Waals surface area contributed by atoms with Crippen molar-refractivity contribution in [3.05, 3.63) is 35.4 Å². The molecule has 5 nitrogen and oxygen atoms in total. The third-order valence-electron chi connectivity index (χ3n) is 3.91. The quantitative estimate of drug-likeness (QED) is 0.862. The lowest BCUT2D eigenvalue weighted by molar-refractivity contribution is -0.143. The second-order valence-corrected chi connectivity index (χ2v) is 5.36. The molecule has 21 heavy (non-hydrogen) atoms. The number of carboxylic acids is 1. The van der Waals surface area contributed by atoms with Gasteiger partial charge in [-0.15, -0.1) is 0 Å². The molecule has 0 aromatic heterocycles. The molecule has 0 amide bonds. The number of likely N-dealkylation sites (tertiary alicyclic amines) is 1. The molecule has 1 fully saturated rings. The summed E-state index contributed by atoms with van der Waals surface area (Å²) >= 11 is 0. The van der Waals surface area contributed by atoms with Gasteiger partial charge in [0.05, 0.1) is 12.7 Å². The van der Waals surface area contributed by atoms with Crippen LogP contribution in [0.3, 0.4) is 0 Å². The monoisotopic (exact) mass is 291 g/mol. The fourth-order valence-corrected chi connectivity index (χ4v) is 2.74. The first-order chi connectivity index (χ1) is 10.1. The van der Waals surface area contributed by atoms with E-state index in [1.54, 1.807) is 12.1 Å². The second-order valence-electron chi connectivity index (χ2n) is 5.36. The molecule has 1 N–H and O–H groups in total. The van der Waals surface area contributed by atoms with E-state index in [-0.39, 0.29) is 5.97 Å². The molecular weight excluding hydrogens is 270 g/mol. The minimum atomic E-state index is -0.747. The second kappa shape index (κ2) is 7.22. The Morgan fingerprint density at radius 1 is 1.24 bits per heavy atom. The highest BCUT2D eigenvalue weighted by Gasteiger charge is 2.26. The summed E-state index contributed by atoms with van der Waals surface area (Å²) in [6.07, 6.45) is 3.79. The van der Waals surface area contributed by atoms with Gasteiger partial charge in [0, 0.05) is 6.54 Å². The lowest BCUT2D eigenvalue weighted by atomic mass is 10.1. The predicted octanol–water partition coefficient (Wildman–Crippen LogP) is 2.30. The van der Waals surface area contributed by atoms with Crippen molar-refractivity contribution in [2.45, 2.75) is 38.3 Å². The molecule has 0 spiro atoms. The van der Waals surface area contributed by atoms with Crippen molar-refractivity contribution in [2.75, 3.05) is 13.7 Å². The fraction of sp³-hybridized carbons (Fsp3) is 0.500. The van der Waals surface area contributed by atoms with Gasteiger partial charge in [-0.05, 0) is 37.1 Å². The molecule has 5 heteroatoms. The number of carbonyl (C=O) groups excluding carboxylic acids is 1. The molecule has 0 aliphatic carbocycles. The molecule has 1 heterocycles. The third kappa shape index (κ3) is 4.04. The number of esters is 1. The number of methoxy groups -OCH3 is 1. The lowest BCUT2D eigenvalue weighted by Crippen LogP contribution is -2.40. The van der Waals surface area contributed by atoms with Crippen molar-refractivity contribution in [1.29, 1.82) is 0 Å². The summed E-state index contributed by atoms with van der Waals surface area (Å²) < 4.78 is 4.66. The molecule has 0 bridgehead atoms. The topological polar surface area (TPSA) is 66.8 Å². The normalized spacial score (nSPS) is 19.8. The van der Waals surface area contributed by atoms with Crippen LogP contribution in [0.2, 0.25) is 0 Å². The molecule has 1 saturated heterocycles. The minimum absolute atomic E-state index is 0.361. The van der Waals surface area contributed by atoms with E-state index in [1.165, 1.54) is 7.11 Å². The number of nitrogens with zero attached hydrogens (tertiary/aromatic N) is 1. The van der Waals surface area contributed by atoms with Crippen LogP contribution in [0.4, 0.5) is 0 Å². The van der Waals surface area contributed by atoms with E-state index in [1.807, 2.05) is 17.0 Å². The van der Waals surface area contributed by atoms with Gasteiger partial charge >= 0.3 is 11.9 Å². The SMILES string of the molecule is COC(=O)c1ccc(CN2CCCCCC2C(=O)O)cc1. The van der Waals surface area contributed by atoms with Crippen LogP contribution in [0.1, 0.15) is 41.6 Å². The molecule has 2 rings (SSSR count). The summed E-state index contributed by atoms with van der Waals surface area (Å²) in [6, 6.07) is 6.74. The zero-order valence-electron chi connectivity index (χ0n) is 12.2. The molecule has 0 saturated carbocycles. The molecule has 0 radical (unpaired) electrons. The summed E-state index contributed by atoms with van der Waals surface area (Å²) in [7, 11) is 1.35. The maximum atomic E-state index is 11.4. The van der Waals surface area contributed by atoms with Crippen LogP contribution in [0.5, 0.6) is 0 Å². The Morgan fingerprint density at radius 3 is 2.57 bits per heavy atom. The molecule has 1 aliphatic heterocycles.